The number of rotatable bonds is 11. The van der Waals surface area contributed by atoms with Gasteiger partial charge in [0, 0.05) is 25.8 Å². The molecule has 0 fully saturated rings. The van der Waals surface area contributed by atoms with Crippen LogP contribution in [-0.4, -0.2) is 42.7 Å². The molecular formula is C28H32N2O3S. The maximum absolute atomic E-state index is 13.5. The Bertz CT molecular complexity index is 1090. The van der Waals surface area contributed by atoms with Gasteiger partial charge in [-0.2, -0.15) is 0 Å². The van der Waals surface area contributed by atoms with Crippen LogP contribution in [0.25, 0.3) is 0 Å². The van der Waals surface area contributed by atoms with Crippen LogP contribution >= 0.6 is 11.8 Å². The van der Waals surface area contributed by atoms with Crippen LogP contribution in [0.5, 0.6) is 5.75 Å². The number of amides is 2. The Balaban J connectivity index is 1.83. The molecule has 6 heteroatoms. The van der Waals surface area contributed by atoms with Crippen LogP contribution < -0.4 is 10.1 Å². The van der Waals surface area contributed by atoms with E-state index in [1.54, 1.807) is 30.8 Å². The zero-order valence-corrected chi connectivity index (χ0v) is 20.8. The van der Waals surface area contributed by atoms with Gasteiger partial charge >= 0.3 is 0 Å². The second-order valence-corrected chi connectivity index (χ2v) is 9.10. The molecule has 0 saturated carbocycles. The molecule has 1 N–H and O–H groups in total. The summed E-state index contributed by atoms with van der Waals surface area (Å²) in [7, 11) is 3.23. The molecule has 0 aliphatic rings. The Kier molecular flexibility index (Phi) is 9.59. The number of thioether (sulfide) groups is 1. The van der Waals surface area contributed by atoms with Gasteiger partial charge in [-0.25, -0.2) is 0 Å². The van der Waals surface area contributed by atoms with Crippen molar-refractivity contribution in [2.75, 3.05) is 19.9 Å². The van der Waals surface area contributed by atoms with Crippen molar-refractivity contribution >= 4 is 23.6 Å². The second kappa shape index (κ2) is 12.8. The van der Waals surface area contributed by atoms with E-state index in [2.05, 4.69) is 24.4 Å². The summed E-state index contributed by atoms with van der Waals surface area (Å²) >= 11 is 1.57. The Labute approximate surface area is 206 Å². The largest absolute Gasteiger partial charge is 0.497 e. The van der Waals surface area contributed by atoms with E-state index in [0.717, 1.165) is 22.6 Å². The lowest BCUT2D eigenvalue weighted by Gasteiger charge is -2.31. The van der Waals surface area contributed by atoms with Crippen molar-refractivity contribution in [3.63, 3.8) is 0 Å². The van der Waals surface area contributed by atoms with Crippen LogP contribution in [0.3, 0.4) is 0 Å². The van der Waals surface area contributed by atoms with Gasteiger partial charge in [-0.05, 0) is 41.3 Å². The molecule has 0 heterocycles. The third kappa shape index (κ3) is 7.12. The molecule has 2 amide bonds. The van der Waals surface area contributed by atoms with Crippen molar-refractivity contribution in [2.45, 2.75) is 31.7 Å². The first kappa shape index (κ1) is 25.4. The Morgan fingerprint density at radius 3 is 2.38 bits per heavy atom. The van der Waals surface area contributed by atoms with Crippen molar-refractivity contribution in [3.8, 4) is 5.75 Å². The van der Waals surface area contributed by atoms with Gasteiger partial charge in [-0.3, -0.25) is 9.59 Å². The number of aryl methyl sites for hydroxylation is 1. The molecule has 0 aliphatic carbocycles. The predicted molar refractivity (Wildman–Crippen MR) is 139 cm³/mol. The third-order valence-corrected chi connectivity index (χ3v) is 6.72. The molecule has 0 saturated heterocycles. The van der Waals surface area contributed by atoms with Gasteiger partial charge < -0.3 is 15.0 Å². The van der Waals surface area contributed by atoms with Gasteiger partial charge in [-0.1, -0.05) is 66.7 Å². The minimum atomic E-state index is -0.620. The summed E-state index contributed by atoms with van der Waals surface area (Å²) in [6, 6.07) is 25.0. The standard InChI is InChI=1S/C28H32N2O3S/c1-21-10-7-8-14-24(21)19-34-20-27(31)30(18-23-13-9-15-25(16-23)33-3)26(28(32)29-2)17-22-11-5-4-6-12-22/h4-16,26H,17-20H2,1-3H3,(H,29,32). The molecule has 0 bridgehead atoms. The van der Waals surface area contributed by atoms with Crippen molar-refractivity contribution in [3.05, 3.63) is 101 Å². The lowest BCUT2D eigenvalue weighted by molar-refractivity contribution is -0.139. The van der Waals surface area contributed by atoms with E-state index in [-0.39, 0.29) is 11.8 Å². The van der Waals surface area contributed by atoms with E-state index in [1.807, 2.05) is 66.7 Å². The Morgan fingerprint density at radius 1 is 0.971 bits per heavy atom. The minimum absolute atomic E-state index is 0.0639. The average Bonchev–Trinajstić information content (AvgIpc) is 2.87. The summed E-state index contributed by atoms with van der Waals surface area (Å²) in [6.45, 7) is 2.40. The fourth-order valence-electron chi connectivity index (χ4n) is 3.79. The van der Waals surface area contributed by atoms with E-state index >= 15 is 0 Å². The van der Waals surface area contributed by atoms with Gasteiger partial charge in [-0.15, -0.1) is 11.8 Å². The van der Waals surface area contributed by atoms with Gasteiger partial charge in [0.15, 0.2) is 0 Å². The van der Waals surface area contributed by atoms with Crippen LogP contribution in [0.15, 0.2) is 78.9 Å². The molecule has 0 spiro atoms. The molecule has 1 atom stereocenters. The molecule has 0 aromatic heterocycles. The van der Waals surface area contributed by atoms with Crippen molar-refractivity contribution in [2.24, 2.45) is 0 Å². The molecule has 0 aliphatic heterocycles. The summed E-state index contributed by atoms with van der Waals surface area (Å²) in [6.07, 6.45) is 0.443. The SMILES string of the molecule is CNC(=O)C(Cc1ccccc1)N(Cc1cccc(OC)c1)C(=O)CSCc1ccccc1C. The maximum Gasteiger partial charge on any atom is 0.242 e. The minimum Gasteiger partial charge on any atom is -0.497 e. The number of benzene rings is 3. The number of nitrogens with zero attached hydrogens (tertiary/aromatic N) is 1. The molecule has 3 aromatic rings. The first-order chi connectivity index (χ1) is 16.5. The van der Waals surface area contributed by atoms with Crippen LogP contribution in [0.1, 0.15) is 22.3 Å². The average molecular weight is 477 g/mol. The number of methoxy groups -OCH3 is 1. The van der Waals surface area contributed by atoms with Crippen molar-refractivity contribution in [1.82, 2.24) is 10.2 Å². The van der Waals surface area contributed by atoms with Gasteiger partial charge in [0.1, 0.15) is 11.8 Å². The van der Waals surface area contributed by atoms with Gasteiger partial charge in [0.25, 0.3) is 0 Å². The highest BCUT2D eigenvalue weighted by Crippen LogP contribution is 2.21. The highest BCUT2D eigenvalue weighted by atomic mass is 32.2. The summed E-state index contributed by atoms with van der Waals surface area (Å²) < 4.78 is 5.36. The molecule has 34 heavy (non-hydrogen) atoms. The first-order valence-corrected chi connectivity index (χ1v) is 12.5. The summed E-state index contributed by atoms with van der Waals surface area (Å²) in [5.74, 6) is 1.52. The van der Waals surface area contributed by atoms with E-state index in [9.17, 15) is 9.59 Å². The molecular weight excluding hydrogens is 444 g/mol. The number of ether oxygens (including phenoxy) is 1. The van der Waals surface area contributed by atoms with E-state index < -0.39 is 6.04 Å². The molecule has 5 nitrogen and oxygen atoms in total. The fourth-order valence-corrected chi connectivity index (χ4v) is 4.78. The maximum atomic E-state index is 13.5. The number of hydrogen-bond donors (Lipinski definition) is 1. The fraction of sp³-hybridized carbons (Fsp3) is 0.286. The Morgan fingerprint density at radius 2 is 1.68 bits per heavy atom. The second-order valence-electron chi connectivity index (χ2n) is 8.11. The van der Waals surface area contributed by atoms with E-state index in [1.165, 1.54) is 11.1 Å². The van der Waals surface area contributed by atoms with E-state index in [4.69, 9.17) is 4.74 Å². The smallest absolute Gasteiger partial charge is 0.242 e. The van der Waals surface area contributed by atoms with Crippen LogP contribution in [-0.2, 0) is 28.3 Å². The molecule has 3 rings (SSSR count). The summed E-state index contributed by atoms with van der Waals surface area (Å²) in [5, 5.41) is 2.75. The lowest BCUT2D eigenvalue weighted by Crippen LogP contribution is -2.50. The van der Waals surface area contributed by atoms with Crippen LogP contribution in [0.2, 0.25) is 0 Å². The number of carbonyl (C=O) groups excluding carboxylic acids is 2. The van der Waals surface area contributed by atoms with Crippen molar-refractivity contribution < 1.29 is 14.3 Å². The normalized spacial score (nSPS) is 11.5. The summed E-state index contributed by atoms with van der Waals surface area (Å²) in [5.41, 5.74) is 4.35. The van der Waals surface area contributed by atoms with Crippen molar-refractivity contribution in [1.29, 1.82) is 0 Å². The Hall–Kier alpha value is -3.25. The number of carbonyl (C=O) groups is 2. The topological polar surface area (TPSA) is 58.6 Å². The molecule has 178 valence electrons. The molecule has 0 radical (unpaired) electrons. The summed E-state index contributed by atoms with van der Waals surface area (Å²) in [4.78, 5) is 28.2. The number of likely N-dealkylation sites (N-methyl/N-ethyl adjacent to an activating group) is 1. The van der Waals surface area contributed by atoms with Gasteiger partial charge in [0.2, 0.25) is 11.8 Å². The van der Waals surface area contributed by atoms with Gasteiger partial charge in [0.05, 0.1) is 12.9 Å². The molecule has 1 unspecified atom stereocenters. The monoisotopic (exact) mass is 476 g/mol. The highest BCUT2D eigenvalue weighted by Gasteiger charge is 2.29. The quantitative estimate of drug-likeness (QED) is 0.439. The number of hydrogen-bond acceptors (Lipinski definition) is 4. The number of nitrogens with one attached hydrogen (secondary N) is 1. The first-order valence-electron chi connectivity index (χ1n) is 11.3. The lowest BCUT2D eigenvalue weighted by atomic mass is 10.0. The highest BCUT2D eigenvalue weighted by molar-refractivity contribution is 7.99. The molecule has 3 aromatic carbocycles. The third-order valence-electron chi connectivity index (χ3n) is 5.75. The van der Waals surface area contributed by atoms with Crippen LogP contribution in [0, 0.1) is 6.92 Å². The predicted octanol–water partition coefficient (Wildman–Crippen LogP) is 4.62. The zero-order chi connectivity index (χ0) is 24.3. The zero-order valence-electron chi connectivity index (χ0n) is 20.0. The van der Waals surface area contributed by atoms with Crippen LogP contribution in [0.4, 0.5) is 0 Å². The van der Waals surface area contributed by atoms with E-state index in [0.29, 0.717) is 18.7 Å².